The number of hydrogen-bond donors (Lipinski definition) is 2. The number of pyridine rings is 1. The lowest BCUT2D eigenvalue weighted by atomic mass is 10.2. The van der Waals surface area contributed by atoms with E-state index in [0.717, 1.165) is 24.9 Å². The molecule has 1 aromatic heterocycles. The molecule has 16 heavy (non-hydrogen) atoms. The number of carbonyl (C=O) groups excluding carboxylic acids is 1. The summed E-state index contributed by atoms with van der Waals surface area (Å²) in [4.78, 5) is 15.8. The number of carbonyl (C=O) groups is 1. The van der Waals surface area contributed by atoms with Crippen molar-refractivity contribution in [2.45, 2.75) is 25.8 Å². The Balaban J connectivity index is 2.02. The SMILES string of the molecule is Cc1cc(NC(=O)[C@@H]2CCCN2)cnc1Cl. The zero-order valence-electron chi connectivity index (χ0n) is 9.09. The first-order valence-electron chi connectivity index (χ1n) is 5.33. The highest BCUT2D eigenvalue weighted by atomic mass is 35.5. The lowest BCUT2D eigenvalue weighted by molar-refractivity contribution is -0.117. The molecule has 86 valence electrons. The van der Waals surface area contributed by atoms with Gasteiger partial charge in [0.15, 0.2) is 0 Å². The van der Waals surface area contributed by atoms with E-state index in [-0.39, 0.29) is 11.9 Å². The topological polar surface area (TPSA) is 54.0 Å². The summed E-state index contributed by atoms with van der Waals surface area (Å²) in [6, 6.07) is 1.75. The van der Waals surface area contributed by atoms with Crippen molar-refractivity contribution in [3.8, 4) is 0 Å². The summed E-state index contributed by atoms with van der Waals surface area (Å²) >= 11 is 5.81. The van der Waals surface area contributed by atoms with E-state index in [1.54, 1.807) is 6.20 Å². The molecule has 0 bridgehead atoms. The highest BCUT2D eigenvalue weighted by molar-refractivity contribution is 6.30. The fraction of sp³-hybridized carbons (Fsp3) is 0.455. The minimum atomic E-state index is -0.0732. The van der Waals surface area contributed by atoms with Crippen molar-refractivity contribution in [3.63, 3.8) is 0 Å². The van der Waals surface area contributed by atoms with Crippen LogP contribution in [0.5, 0.6) is 0 Å². The molecule has 4 nitrogen and oxygen atoms in total. The fourth-order valence-electron chi connectivity index (χ4n) is 1.76. The molecule has 0 aliphatic carbocycles. The number of aromatic nitrogens is 1. The van der Waals surface area contributed by atoms with Crippen LogP contribution in [0.2, 0.25) is 5.15 Å². The molecule has 1 saturated heterocycles. The van der Waals surface area contributed by atoms with E-state index >= 15 is 0 Å². The number of nitrogens with one attached hydrogen (secondary N) is 2. The first-order valence-corrected chi connectivity index (χ1v) is 5.71. The quantitative estimate of drug-likeness (QED) is 0.773. The van der Waals surface area contributed by atoms with Crippen LogP contribution in [0.15, 0.2) is 12.3 Å². The van der Waals surface area contributed by atoms with Gasteiger partial charge in [0.1, 0.15) is 5.15 Å². The average molecular weight is 240 g/mol. The van der Waals surface area contributed by atoms with Crippen molar-refractivity contribution in [3.05, 3.63) is 23.0 Å². The van der Waals surface area contributed by atoms with Gasteiger partial charge in [0.05, 0.1) is 17.9 Å². The van der Waals surface area contributed by atoms with Crippen LogP contribution in [0.25, 0.3) is 0 Å². The Morgan fingerprint density at radius 1 is 1.69 bits per heavy atom. The predicted octanol–water partition coefficient (Wildman–Crippen LogP) is 1.73. The number of halogens is 1. The third kappa shape index (κ3) is 2.51. The van der Waals surface area contributed by atoms with Gasteiger partial charge >= 0.3 is 0 Å². The number of amides is 1. The van der Waals surface area contributed by atoms with Gasteiger partial charge in [0, 0.05) is 0 Å². The molecule has 1 aliphatic rings. The standard InChI is InChI=1S/C11H14ClN3O/c1-7-5-8(6-14-10(7)12)15-11(16)9-3-2-4-13-9/h5-6,9,13H,2-4H2,1H3,(H,15,16)/t9-/m0/s1. The molecular weight excluding hydrogens is 226 g/mol. The summed E-state index contributed by atoms with van der Waals surface area (Å²) in [5.74, 6) is 0.000947. The van der Waals surface area contributed by atoms with Crippen LogP contribution in [0.1, 0.15) is 18.4 Å². The molecule has 2 heterocycles. The van der Waals surface area contributed by atoms with E-state index in [1.807, 2.05) is 13.0 Å². The second kappa shape index (κ2) is 4.80. The van der Waals surface area contributed by atoms with Crippen molar-refractivity contribution >= 4 is 23.2 Å². The average Bonchev–Trinajstić information content (AvgIpc) is 2.77. The number of anilines is 1. The van der Waals surface area contributed by atoms with Gasteiger partial charge in [-0.15, -0.1) is 0 Å². The molecule has 1 aromatic rings. The number of nitrogens with zero attached hydrogens (tertiary/aromatic N) is 1. The number of hydrogen-bond acceptors (Lipinski definition) is 3. The van der Waals surface area contributed by atoms with Crippen molar-refractivity contribution in [1.29, 1.82) is 0 Å². The molecule has 5 heteroatoms. The van der Waals surface area contributed by atoms with E-state index in [2.05, 4.69) is 15.6 Å². The minimum absolute atomic E-state index is 0.000947. The van der Waals surface area contributed by atoms with Crippen molar-refractivity contribution in [2.24, 2.45) is 0 Å². The fourth-order valence-corrected chi connectivity index (χ4v) is 1.87. The zero-order valence-corrected chi connectivity index (χ0v) is 9.84. The van der Waals surface area contributed by atoms with Gasteiger partial charge in [-0.25, -0.2) is 4.98 Å². The molecule has 2 N–H and O–H groups in total. The second-order valence-corrected chi connectivity index (χ2v) is 4.33. The second-order valence-electron chi connectivity index (χ2n) is 3.97. The molecule has 0 saturated carbocycles. The van der Waals surface area contributed by atoms with E-state index in [1.165, 1.54) is 0 Å². The van der Waals surface area contributed by atoms with Gasteiger partial charge in [-0.2, -0.15) is 0 Å². The van der Waals surface area contributed by atoms with Crippen LogP contribution >= 0.6 is 11.6 Å². The van der Waals surface area contributed by atoms with Crippen LogP contribution in [-0.4, -0.2) is 23.5 Å². The van der Waals surface area contributed by atoms with Crippen LogP contribution in [-0.2, 0) is 4.79 Å². The van der Waals surface area contributed by atoms with Crippen molar-refractivity contribution in [1.82, 2.24) is 10.3 Å². The summed E-state index contributed by atoms with van der Waals surface area (Å²) in [5, 5.41) is 6.44. The summed E-state index contributed by atoms with van der Waals surface area (Å²) in [5.41, 5.74) is 1.56. The molecule has 1 atom stereocenters. The molecule has 2 rings (SSSR count). The van der Waals surface area contributed by atoms with Gasteiger partial charge in [0.2, 0.25) is 5.91 Å². The minimum Gasteiger partial charge on any atom is -0.323 e. The molecule has 0 unspecified atom stereocenters. The Morgan fingerprint density at radius 3 is 3.12 bits per heavy atom. The Morgan fingerprint density at radius 2 is 2.50 bits per heavy atom. The molecule has 0 radical (unpaired) electrons. The number of aryl methyl sites for hydroxylation is 1. The van der Waals surface area contributed by atoms with Gasteiger partial charge in [-0.05, 0) is 37.9 Å². The van der Waals surface area contributed by atoms with Crippen molar-refractivity contribution < 1.29 is 4.79 Å². The summed E-state index contributed by atoms with van der Waals surface area (Å²) in [7, 11) is 0. The Labute approximate surface area is 99.4 Å². The van der Waals surface area contributed by atoms with Crippen LogP contribution in [0, 0.1) is 6.92 Å². The molecular formula is C11H14ClN3O. The van der Waals surface area contributed by atoms with E-state index < -0.39 is 0 Å². The molecule has 0 aromatic carbocycles. The Kier molecular flexibility index (Phi) is 3.41. The van der Waals surface area contributed by atoms with E-state index in [0.29, 0.717) is 10.8 Å². The largest absolute Gasteiger partial charge is 0.323 e. The highest BCUT2D eigenvalue weighted by Crippen LogP contribution is 2.17. The van der Waals surface area contributed by atoms with Gasteiger partial charge in [-0.3, -0.25) is 4.79 Å². The smallest absolute Gasteiger partial charge is 0.241 e. The molecule has 1 amide bonds. The third-order valence-corrected chi connectivity index (χ3v) is 3.05. The Bertz CT molecular complexity index is 402. The third-order valence-electron chi connectivity index (χ3n) is 2.66. The van der Waals surface area contributed by atoms with Crippen molar-refractivity contribution in [2.75, 3.05) is 11.9 Å². The maximum atomic E-state index is 11.8. The van der Waals surface area contributed by atoms with Crippen LogP contribution < -0.4 is 10.6 Å². The maximum absolute atomic E-state index is 11.8. The normalized spacial score (nSPS) is 19.8. The highest BCUT2D eigenvalue weighted by Gasteiger charge is 2.21. The van der Waals surface area contributed by atoms with E-state index in [4.69, 9.17) is 11.6 Å². The summed E-state index contributed by atoms with van der Waals surface area (Å²) in [6.45, 7) is 2.77. The lowest BCUT2D eigenvalue weighted by Crippen LogP contribution is -2.35. The van der Waals surface area contributed by atoms with Crippen LogP contribution in [0.4, 0.5) is 5.69 Å². The lowest BCUT2D eigenvalue weighted by Gasteiger charge is -2.11. The first kappa shape index (κ1) is 11.4. The molecule has 0 spiro atoms. The Hall–Kier alpha value is -1.13. The summed E-state index contributed by atoms with van der Waals surface area (Å²) < 4.78 is 0. The van der Waals surface area contributed by atoms with Gasteiger partial charge < -0.3 is 10.6 Å². The van der Waals surface area contributed by atoms with Crippen LogP contribution in [0.3, 0.4) is 0 Å². The van der Waals surface area contributed by atoms with Gasteiger partial charge in [0.25, 0.3) is 0 Å². The summed E-state index contributed by atoms with van der Waals surface area (Å²) in [6.07, 6.45) is 3.52. The molecule has 1 aliphatic heterocycles. The first-order chi connectivity index (χ1) is 7.66. The molecule has 1 fully saturated rings. The maximum Gasteiger partial charge on any atom is 0.241 e. The number of rotatable bonds is 2. The predicted molar refractivity (Wildman–Crippen MR) is 63.6 cm³/mol. The van der Waals surface area contributed by atoms with E-state index in [9.17, 15) is 4.79 Å². The zero-order chi connectivity index (χ0) is 11.5. The van der Waals surface area contributed by atoms with Gasteiger partial charge in [-0.1, -0.05) is 11.6 Å². The monoisotopic (exact) mass is 239 g/mol.